The Morgan fingerprint density at radius 3 is 2.81 bits per heavy atom. The van der Waals surface area contributed by atoms with Gasteiger partial charge in [0.2, 0.25) is 0 Å². The summed E-state index contributed by atoms with van der Waals surface area (Å²) in [5.41, 5.74) is 4.84. The molecule has 1 aliphatic carbocycles. The highest BCUT2D eigenvalue weighted by Crippen LogP contribution is 2.41. The molecule has 5 nitrogen and oxygen atoms in total. The minimum absolute atomic E-state index is 0.00764. The number of aromatic nitrogens is 1. The number of rotatable bonds is 7. The number of para-hydroxylation sites is 1. The number of amides is 1. The van der Waals surface area contributed by atoms with Crippen LogP contribution < -0.4 is 9.47 Å². The molecule has 3 aromatic rings. The van der Waals surface area contributed by atoms with E-state index in [9.17, 15) is 4.79 Å². The van der Waals surface area contributed by atoms with Crippen LogP contribution in [0.4, 0.5) is 0 Å². The first-order valence-electron chi connectivity index (χ1n) is 11.3. The van der Waals surface area contributed by atoms with Gasteiger partial charge in [0.25, 0.3) is 0 Å². The molecule has 1 amide bonds. The first-order chi connectivity index (χ1) is 15.3. The van der Waals surface area contributed by atoms with Gasteiger partial charge >= 0.3 is 6.41 Å². The standard InChI is InChI=1S/C26H29N2O3/c1-30-25-14-18-12-13-28(17-29)24(22(18)15-26(25)31-20-6-2-3-7-20)11-10-19-16-27-23-9-5-4-8-21(19)23/h4-5,8-9,14-16,20,24,27H,2-3,6-7,10-13H2,1H3/t24-/m0/s1. The molecule has 0 spiro atoms. The van der Waals surface area contributed by atoms with Crippen LogP contribution in [0.1, 0.15) is 54.8 Å². The maximum absolute atomic E-state index is 11.8. The monoisotopic (exact) mass is 417 g/mol. The fourth-order valence-electron chi connectivity index (χ4n) is 5.20. The lowest BCUT2D eigenvalue weighted by Gasteiger charge is -2.35. The molecule has 2 heterocycles. The van der Waals surface area contributed by atoms with E-state index in [4.69, 9.17) is 9.47 Å². The molecule has 1 saturated carbocycles. The Balaban J connectivity index is 1.44. The summed E-state index contributed by atoms with van der Waals surface area (Å²) in [6, 6.07) is 12.6. The number of nitrogens with zero attached hydrogens (tertiary/aromatic N) is 1. The molecule has 2 aromatic carbocycles. The minimum atomic E-state index is -0.00764. The van der Waals surface area contributed by atoms with Crippen LogP contribution in [-0.2, 0) is 17.6 Å². The number of fused-ring (bicyclic) bond motifs is 2. The van der Waals surface area contributed by atoms with E-state index in [0.717, 1.165) is 49.1 Å². The molecule has 161 valence electrons. The number of ether oxygens (including phenoxy) is 2. The summed E-state index contributed by atoms with van der Waals surface area (Å²) in [4.78, 5) is 17.0. The van der Waals surface area contributed by atoms with Crippen molar-refractivity contribution in [2.75, 3.05) is 13.7 Å². The fraction of sp³-hybridized carbons (Fsp3) is 0.423. The number of nitrogens with one attached hydrogen (secondary N) is 1. The van der Waals surface area contributed by atoms with Crippen molar-refractivity contribution in [2.45, 2.75) is 57.1 Å². The maximum atomic E-state index is 11.8. The van der Waals surface area contributed by atoms with Gasteiger partial charge in [0.05, 0.1) is 19.3 Å². The lowest BCUT2D eigenvalue weighted by Crippen LogP contribution is -2.34. The van der Waals surface area contributed by atoms with Crippen LogP contribution in [-0.4, -0.2) is 36.1 Å². The molecule has 1 aromatic heterocycles. The predicted molar refractivity (Wildman–Crippen MR) is 121 cm³/mol. The molecular formula is C26H29N2O3. The van der Waals surface area contributed by atoms with Gasteiger partial charge in [-0.2, -0.15) is 0 Å². The molecule has 31 heavy (non-hydrogen) atoms. The average molecular weight is 418 g/mol. The Bertz CT molecular complexity index is 1070. The van der Waals surface area contributed by atoms with E-state index in [1.54, 1.807) is 7.11 Å². The number of hydrogen-bond acceptors (Lipinski definition) is 3. The molecule has 1 radical (unpaired) electrons. The van der Waals surface area contributed by atoms with Crippen molar-refractivity contribution in [1.29, 1.82) is 0 Å². The topological polar surface area (TPSA) is 54.6 Å². The van der Waals surface area contributed by atoms with E-state index in [1.165, 1.54) is 34.9 Å². The van der Waals surface area contributed by atoms with Gasteiger partial charge in [-0.25, -0.2) is 0 Å². The molecule has 5 heteroatoms. The zero-order valence-corrected chi connectivity index (χ0v) is 18.0. The van der Waals surface area contributed by atoms with Crippen molar-refractivity contribution in [3.05, 3.63) is 59.3 Å². The Kier molecular flexibility index (Phi) is 5.58. The summed E-state index contributed by atoms with van der Waals surface area (Å²) in [5, 5.41) is 1.25. The number of carbonyl (C=O) groups excluding carboxylic acids is 1. The lowest BCUT2D eigenvalue weighted by molar-refractivity contribution is 0.198. The molecule has 0 bridgehead atoms. The molecule has 1 fully saturated rings. The quantitative estimate of drug-likeness (QED) is 0.582. The van der Waals surface area contributed by atoms with Crippen LogP contribution in [0.25, 0.3) is 10.9 Å². The van der Waals surface area contributed by atoms with Crippen LogP contribution >= 0.6 is 0 Å². The fourth-order valence-corrected chi connectivity index (χ4v) is 5.20. The van der Waals surface area contributed by atoms with Gasteiger partial charge in [0.15, 0.2) is 11.5 Å². The minimum Gasteiger partial charge on any atom is -0.493 e. The van der Waals surface area contributed by atoms with Crippen molar-refractivity contribution in [1.82, 2.24) is 9.88 Å². The number of H-pyrrole nitrogens is 1. The molecule has 1 aliphatic heterocycles. The summed E-state index contributed by atoms with van der Waals surface area (Å²) in [7, 11) is 1.70. The Labute approximate surface area is 183 Å². The van der Waals surface area contributed by atoms with Crippen LogP contribution in [0.15, 0.2) is 42.6 Å². The summed E-state index contributed by atoms with van der Waals surface area (Å²) in [6.07, 6.45) is 11.7. The largest absolute Gasteiger partial charge is 0.493 e. The normalized spacial score (nSPS) is 18.9. The lowest BCUT2D eigenvalue weighted by atomic mass is 9.88. The van der Waals surface area contributed by atoms with Crippen LogP contribution in [0.2, 0.25) is 0 Å². The summed E-state index contributed by atoms with van der Waals surface area (Å²) in [6.45, 7) is 0.682. The van der Waals surface area contributed by atoms with Crippen LogP contribution in [0.5, 0.6) is 11.5 Å². The number of methoxy groups -OCH3 is 1. The number of aromatic amines is 1. The first kappa shape index (κ1) is 20.0. The Morgan fingerprint density at radius 1 is 1.16 bits per heavy atom. The van der Waals surface area contributed by atoms with Crippen molar-refractivity contribution >= 4 is 17.3 Å². The van der Waals surface area contributed by atoms with E-state index in [1.807, 2.05) is 11.0 Å². The number of benzene rings is 2. The van der Waals surface area contributed by atoms with Gasteiger partial charge < -0.3 is 19.4 Å². The van der Waals surface area contributed by atoms with Crippen molar-refractivity contribution in [3.63, 3.8) is 0 Å². The molecule has 1 N–H and O–H groups in total. The second kappa shape index (κ2) is 8.66. The van der Waals surface area contributed by atoms with Gasteiger partial charge in [-0.15, -0.1) is 0 Å². The Hall–Kier alpha value is -2.95. The van der Waals surface area contributed by atoms with E-state index in [0.29, 0.717) is 6.54 Å². The third kappa shape index (κ3) is 3.89. The van der Waals surface area contributed by atoms with E-state index in [-0.39, 0.29) is 12.1 Å². The van der Waals surface area contributed by atoms with E-state index in [2.05, 4.69) is 47.9 Å². The second-order valence-corrected chi connectivity index (χ2v) is 8.67. The highest BCUT2D eigenvalue weighted by molar-refractivity contribution is 5.83. The molecular weight excluding hydrogens is 388 g/mol. The third-order valence-corrected chi connectivity index (χ3v) is 6.86. The van der Waals surface area contributed by atoms with Gasteiger partial charge in [0, 0.05) is 23.6 Å². The zero-order valence-electron chi connectivity index (χ0n) is 18.0. The van der Waals surface area contributed by atoms with Crippen LogP contribution in [0, 0.1) is 0 Å². The van der Waals surface area contributed by atoms with E-state index >= 15 is 0 Å². The summed E-state index contributed by atoms with van der Waals surface area (Å²) in [5.74, 6) is 1.60. The third-order valence-electron chi connectivity index (χ3n) is 6.86. The van der Waals surface area contributed by atoms with Gasteiger partial charge in [-0.3, -0.25) is 4.79 Å². The van der Waals surface area contributed by atoms with Crippen molar-refractivity contribution < 1.29 is 14.3 Å². The molecule has 0 saturated heterocycles. The number of hydrogen-bond donors (Lipinski definition) is 1. The van der Waals surface area contributed by atoms with E-state index < -0.39 is 0 Å². The second-order valence-electron chi connectivity index (χ2n) is 8.67. The first-order valence-corrected chi connectivity index (χ1v) is 11.3. The highest BCUT2D eigenvalue weighted by atomic mass is 16.5. The van der Waals surface area contributed by atoms with Crippen LogP contribution in [0.3, 0.4) is 0 Å². The average Bonchev–Trinajstić information content (AvgIpc) is 3.47. The zero-order chi connectivity index (χ0) is 21.2. The SMILES string of the molecule is COc1cc2c(cc1OC1CCCC1)[C@H](CCc1c[nH]c3ccccc13)N([C]=O)CC2. The molecule has 0 unspecified atom stereocenters. The maximum Gasteiger partial charge on any atom is 0.312 e. The predicted octanol–water partition coefficient (Wildman–Crippen LogP) is 5.10. The molecule has 5 rings (SSSR count). The van der Waals surface area contributed by atoms with Crippen molar-refractivity contribution in [3.8, 4) is 11.5 Å². The number of aryl methyl sites for hydroxylation is 1. The summed E-state index contributed by atoms with van der Waals surface area (Å²) >= 11 is 0. The Morgan fingerprint density at radius 2 is 2.00 bits per heavy atom. The molecule has 2 aliphatic rings. The molecule has 1 atom stereocenters. The van der Waals surface area contributed by atoms with Crippen molar-refractivity contribution in [2.24, 2.45) is 0 Å². The van der Waals surface area contributed by atoms with Gasteiger partial charge in [0.1, 0.15) is 0 Å². The summed E-state index contributed by atoms with van der Waals surface area (Å²) < 4.78 is 12.0. The van der Waals surface area contributed by atoms with Gasteiger partial charge in [-0.1, -0.05) is 18.2 Å². The van der Waals surface area contributed by atoms with Gasteiger partial charge in [-0.05, 0) is 79.8 Å². The highest BCUT2D eigenvalue weighted by Gasteiger charge is 2.29. The smallest absolute Gasteiger partial charge is 0.312 e.